The molecule has 0 aromatic heterocycles. The molecule has 0 rings (SSSR count). The van der Waals surface area contributed by atoms with E-state index in [1.165, 1.54) is 7.05 Å². The molecular formula is C7H13NO3. The van der Waals surface area contributed by atoms with Gasteiger partial charge in [-0.15, -0.1) is 0 Å². The number of aliphatic hydroxyl groups excluding tert-OH is 1. The standard InChI is InChI=1S/C7H13NO3/c1-5(2)7(10)11-6(4-9)8-3/h5,9H,4H2,1-3H3. The van der Waals surface area contributed by atoms with Crippen LogP contribution in [0.2, 0.25) is 0 Å². The Labute approximate surface area is 65.9 Å². The summed E-state index contributed by atoms with van der Waals surface area (Å²) in [5.41, 5.74) is 0. The number of hydrogen-bond donors (Lipinski definition) is 1. The van der Waals surface area contributed by atoms with Gasteiger partial charge in [0.2, 0.25) is 5.90 Å². The Kier molecular flexibility index (Phi) is 4.45. The van der Waals surface area contributed by atoms with Crippen molar-refractivity contribution in [3.8, 4) is 0 Å². The van der Waals surface area contributed by atoms with Crippen molar-refractivity contribution < 1.29 is 14.6 Å². The van der Waals surface area contributed by atoms with E-state index in [2.05, 4.69) is 9.73 Å². The maximum atomic E-state index is 10.9. The van der Waals surface area contributed by atoms with Crippen LogP contribution in [0.15, 0.2) is 4.99 Å². The van der Waals surface area contributed by atoms with Crippen LogP contribution in [0.1, 0.15) is 13.8 Å². The molecule has 0 aromatic carbocycles. The average Bonchev–Trinajstić information content (AvgIpc) is 1.99. The van der Waals surface area contributed by atoms with Crippen LogP contribution in [0.3, 0.4) is 0 Å². The monoisotopic (exact) mass is 159 g/mol. The molecule has 0 aliphatic rings. The van der Waals surface area contributed by atoms with Crippen molar-refractivity contribution in [2.45, 2.75) is 13.8 Å². The van der Waals surface area contributed by atoms with E-state index in [-0.39, 0.29) is 24.4 Å². The van der Waals surface area contributed by atoms with Crippen LogP contribution >= 0.6 is 0 Å². The SMILES string of the molecule is CN=C(CO)OC(=O)C(C)C. The van der Waals surface area contributed by atoms with Crippen molar-refractivity contribution in [3.05, 3.63) is 0 Å². The first kappa shape index (κ1) is 10.1. The summed E-state index contributed by atoms with van der Waals surface area (Å²) in [6.45, 7) is 3.09. The second kappa shape index (κ2) is 4.85. The van der Waals surface area contributed by atoms with Gasteiger partial charge in [-0.1, -0.05) is 13.8 Å². The fourth-order valence-electron chi connectivity index (χ4n) is 0.383. The van der Waals surface area contributed by atoms with Gasteiger partial charge < -0.3 is 9.84 Å². The Morgan fingerprint density at radius 3 is 2.45 bits per heavy atom. The summed E-state index contributed by atoms with van der Waals surface area (Å²) in [6, 6.07) is 0. The van der Waals surface area contributed by atoms with Gasteiger partial charge in [0, 0.05) is 7.05 Å². The summed E-state index contributed by atoms with van der Waals surface area (Å²) in [5, 5.41) is 8.55. The van der Waals surface area contributed by atoms with E-state index in [1.807, 2.05) is 0 Å². The van der Waals surface area contributed by atoms with Gasteiger partial charge in [-0.05, 0) is 0 Å². The fourth-order valence-corrected chi connectivity index (χ4v) is 0.383. The number of hydrogen-bond acceptors (Lipinski definition) is 4. The molecule has 0 bridgehead atoms. The summed E-state index contributed by atoms with van der Waals surface area (Å²) in [6.07, 6.45) is 0. The number of aliphatic imine (C=N–C) groups is 1. The minimum atomic E-state index is -0.375. The topological polar surface area (TPSA) is 58.9 Å². The van der Waals surface area contributed by atoms with E-state index in [9.17, 15) is 4.79 Å². The molecular weight excluding hydrogens is 146 g/mol. The lowest BCUT2D eigenvalue weighted by Crippen LogP contribution is -2.19. The lowest BCUT2D eigenvalue weighted by atomic mass is 10.2. The highest BCUT2D eigenvalue weighted by Gasteiger charge is 2.10. The quantitative estimate of drug-likeness (QED) is 0.356. The van der Waals surface area contributed by atoms with E-state index in [0.29, 0.717) is 0 Å². The van der Waals surface area contributed by atoms with Crippen LogP contribution < -0.4 is 0 Å². The van der Waals surface area contributed by atoms with Crippen molar-refractivity contribution >= 4 is 11.9 Å². The maximum absolute atomic E-state index is 10.9. The molecule has 0 aliphatic heterocycles. The largest absolute Gasteiger partial charge is 0.409 e. The predicted octanol–water partition coefficient (Wildman–Crippen LogP) is 0.206. The van der Waals surface area contributed by atoms with Crippen molar-refractivity contribution in [2.24, 2.45) is 10.9 Å². The van der Waals surface area contributed by atoms with Crippen molar-refractivity contribution in [2.75, 3.05) is 13.7 Å². The third-order valence-electron chi connectivity index (χ3n) is 1.07. The minimum absolute atomic E-state index is 0.0590. The molecule has 1 N–H and O–H groups in total. The number of carbonyl (C=O) groups is 1. The molecule has 64 valence electrons. The Morgan fingerprint density at radius 2 is 2.18 bits per heavy atom. The summed E-state index contributed by atoms with van der Waals surface area (Å²) >= 11 is 0. The highest BCUT2D eigenvalue weighted by molar-refractivity contribution is 5.89. The van der Waals surface area contributed by atoms with E-state index in [1.54, 1.807) is 13.8 Å². The normalized spacial score (nSPS) is 11.9. The zero-order chi connectivity index (χ0) is 8.85. The van der Waals surface area contributed by atoms with Crippen LogP contribution in [0, 0.1) is 5.92 Å². The van der Waals surface area contributed by atoms with Gasteiger partial charge >= 0.3 is 5.97 Å². The van der Waals surface area contributed by atoms with Gasteiger partial charge in [-0.3, -0.25) is 9.79 Å². The van der Waals surface area contributed by atoms with Crippen LogP contribution in [-0.2, 0) is 9.53 Å². The third-order valence-corrected chi connectivity index (χ3v) is 1.07. The number of nitrogens with zero attached hydrogens (tertiary/aromatic N) is 1. The predicted molar refractivity (Wildman–Crippen MR) is 41.4 cm³/mol. The van der Waals surface area contributed by atoms with Crippen LogP contribution in [0.4, 0.5) is 0 Å². The summed E-state index contributed by atoms with van der Waals surface area (Å²) in [7, 11) is 1.46. The Bertz CT molecular complexity index is 163. The number of aliphatic hydroxyl groups is 1. The molecule has 0 unspecified atom stereocenters. The number of rotatable bonds is 2. The van der Waals surface area contributed by atoms with Gasteiger partial charge in [0.25, 0.3) is 0 Å². The zero-order valence-corrected chi connectivity index (χ0v) is 7.00. The van der Waals surface area contributed by atoms with E-state index in [4.69, 9.17) is 5.11 Å². The zero-order valence-electron chi connectivity index (χ0n) is 7.00. The molecule has 0 amide bonds. The number of ether oxygens (including phenoxy) is 1. The Morgan fingerprint density at radius 1 is 1.64 bits per heavy atom. The maximum Gasteiger partial charge on any atom is 0.314 e. The Hall–Kier alpha value is -0.900. The summed E-state index contributed by atoms with van der Waals surface area (Å²) in [4.78, 5) is 14.4. The van der Waals surface area contributed by atoms with Gasteiger partial charge in [-0.2, -0.15) is 0 Å². The molecule has 0 saturated carbocycles. The van der Waals surface area contributed by atoms with Crippen LogP contribution in [-0.4, -0.2) is 30.6 Å². The molecule has 0 radical (unpaired) electrons. The van der Waals surface area contributed by atoms with E-state index in [0.717, 1.165) is 0 Å². The highest BCUT2D eigenvalue weighted by atomic mass is 16.5. The second-order valence-electron chi connectivity index (χ2n) is 2.35. The van der Waals surface area contributed by atoms with Gasteiger partial charge in [0.05, 0.1) is 5.92 Å². The first-order valence-corrected chi connectivity index (χ1v) is 3.40. The number of carbonyl (C=O) groups excluding carboxylic acids is 1. The Balaban J connectivity index is 3.93. The van der Waals surface area contributed by atoms with Crippen LogP contribution in [0.25, 0.3) is 0 Å². The first-order valence-electron chi connectivity index (χ1n) is 3.40. The second-order valence-corrected chi connectivity index (χ2v) is 2.35. The van der Waals surface area contributed by atoms with Crippen molar-refractivity contribution in [1.29, 1.82) is 0 Å². The van der Waals surface area contributed by atoms with E-state index >= 15 is 0 Å². The van der Waals surface area contributed by atoms with Crippen molar-refractivity contribution in [1.82, 2.24) is 0 Å². The van der Waals surface area contributed by atoms with Gasteiger partial charge in [0.1, 0.15) is 6.61 Å². The molecule has 0 aromatic rings. The highest BCUT2D eigenvalue weighted by Crippen LogP contribution is 1.96. The minimum Gasteiger partial charge on any atom is -0.409 e. The molecule has 0 saturated heterocycles. The summed E-state index contributed by atoms with van der Waals surface area (Å²) in [5.74, 6) is -0.512. The molecule has 11 heavy (non-hydrogen) atoms. The lowest BCUT2D eigenvalue weighted by molar-refractivity contribution is -0.139. The molecule has 0 fully saturated rings. The van der Waals surface area contributed by atoms with Gasteiger partial charge in [-0.25, -0.2) is 0 Å². The lowest BCUT2D eigenvalue weighted by Gasteiger charge is -2.05. The smallest absolute Gasteiger partial charge is 0.314 e. The molecule has 0 spiro atoms. The molecule has 4 heteroatoms. The van der Waals surface area contributed by atoms with Crippen LogP contribution in [0.5, 0.6) is 0 Å². The fraction of sp³-hybridized carbons (Fsp3) is 0.714. The van der Waals surface area contributed by atoms with Gasteiger partial charge in [0.15, 0.2) is 0 Å². The molecule has 0 heterocycles. The first-order chi connectivity index (χ1) is 5.11. The molecule has 4 nitrogen and oxygen atoms in total. The molecule has 0 atom stereocenters. The average molecular weight is 159 g/mol. The summed E-state index contributed by atoms with van der Waals surface area (Å²) < 4.78 is 4.67. The number of esters is 1. The third kappa shape index (κ3) is 3.72. The van der Waals surface area contributed by atoms with E-state index < -0.39 is 0 Å². The van der Waals surface area contributed by atoms with Crippen molar-refractivity contribution in [3.63, 3.8) is 0 Å². The molecule has 0 aliphatic carbocycles.